The van der Waals surface area contributed by atoms with Crippen molar-refractivity contribution in [3.63, 3.8) is 0 Å². The number of hydrogen-bond donors (Lipinski definition) is 0. The van der Waals surface area contributed by atoms with Crippen LogP contribution >= 0.6 is 15.9 Å². The van der Waals surface area contributed by atoms with Crippen molar-refractivity contribution in [2.45, 2.75) is 43.9 Å². The molecule has 5 rings (SSSR count). The highest BCUT2D eigenvalue weighted by Gasteiger charge is 2.51. The van der Waals surface area contributed by atoms with Gasteiger partial charge in [-0.25, -0.2) is 5.01 Å². The van der Waals surface area contributed by atoms with Crippen LogP contribution in [0, 0.1) is 0 Å². The van der Waals surface area contributed by atoms with E-state index in [9.17, 15) is 0 Å². The summed E-state index contributed by atoms with van der Waals surface area (Å²) < 4.78 is 12.9. The fraction of sp³-hybridized carbons (Fsp3) is 0.381. The lowest BCUT2D eigenvalue weighted by Crippen LogP contribution is -2.51. The van der Waals surface area contributed by atoms with Gasteiger partial charge in [0.15, 0.2) is 5.72 Å². The quantitative estimate of drug-likeness (QED) is 0.673. The number of methoxy groups -OCH3 is 1. The molecule has 3 aliphatic rings. The number of fused-ring (bicyclic) bond motifs is 4. The zero-order valence-corrected chi connectivity index (χ0v) is 16.3. The molecule has 5 heteroatoms. The van der Waals surface area contributed by atoms with E-state index in [1.54, 1.807) is 7.11 Å². The highest BCUT2D eigenvalue weighted by molar-refractivity contribution is 9.10. The molecule has 2 aromatic carbocycles. The van der Waals surface area contributed by atoms with Crippen molar-refractivity contribution in [1.29, 1.82) is 0 Å². The maximum absolute atomic E-state index is 6.55. The number of rotatable bonds is 2. The van der Waals surface area contributed by atoms with Crippen LogP contribution in [0.3, 0.4) is 0 Å². The predicted octanol–water partition coefficient (Wildman–Crippen LogP) is 5.27. The van der Waals surface area contributed by atoms with E-state index in [1.165, 1.54) is 18.4 Å². The van der Waals surface area contributed by atoms with Crippen molar-refractivity contribution < 1.29 is 9.47 Å². The smallest absolute Gasteiger partial charge is 0.198 e. The van der Waals surface area contributed by atoms with Gasteiger partial charge in [-0.2, -0.15) is 5.10 Å². The third kappa shape index (κ3) is 2.44. The summed E-state index contributed by atoms with van der Waals surface area (Å²) in [5.41, 5.74) is 3.23. The first kappa shape index (κ1) is 16.2. The Hall–Kier alpha value is -2.01. The minimum Gasteiger partial charge on any atom is -0.497 e. The Balaban J connectivity index is 1.57. The Morgan fingerprint density at radius 3 is 2.65 bits per heavy atom. The second-order valence-corrected chi connectivity index (χ2v) is 8.19. The van der Waals surface area contributed by atoms with Gasteiger partial charge in [0, 0.05) is 29.3 Å². The van der Waals surface area contributed by atoms with Crippen LogP contribution in [0.25, 0.3) is 0 Å². The number of hydrogen-bond acceptors (Lipinski definition) is 4. The third-order valence-corrected chi connectivity index (χ3v) is 6.26. The predicted molar refractivity (Wildman–Crippen MR) is 105 cm³/mol. The molecule has 1 unspecified atom stereocenters. The van der Waals surface area contributed by atoms with Crippen LogP contribution in [0.2, 0.25) is 0 Å². The Bertz CT molecular complexity index is 872. The first-order valence-electron chi connectivity index (χ1n) is 9.18. The molecule has 0 N–H and O–H groups in total. The van der Waals surface area contributed by atoms with E-state index >= 15 is 0 Å². The lowest BCUT2D eigenvalue weighted by Gasteiger charge is -2.45. The highest BCUT2D eigenvalue weighted by atomic mass is 79.9. The van der Waals surface area contributed by atoms with Crippen molar-refractivity contribution in [3.8, 4) is 11.5 Å². The molecule has 1 fully saturated rings. The molecule has 26 heavy (non-hydrogen) atoms. The van der Waals surface area contributed by atoms with Crippen LogP contribution in [0.1, 0.15) is 49.3 Å². The molecule has 1 atom stereocenters. The minimum atomic E-state index is -0.278. The van der Waals surface area contributed by atoms with Crippen molar-refractivity contribution in [1.82, 2.24) is 5.01 Å². The second-order valence-electron chi connectivity index (χ2n) is 7.28. The Morgan fingerprint density at radius 1 is 1.15 bits per heavy atom. The average molecular weight is 413 g/mol. The first-order chi connectivity index (χ1) is 12.7. The Labute approximate surface area is 161 Å². The van der Waals surface area contributed by atoms with E-state index in [1.807, 2.05) is 12.1 Å². The van der Waals surface area contributed by atoms with Crippen molar-refractivity contribution >= 4 is 21.6 Å². The maximum atomic E-state index is 6.55. The van der Waals surface area contributed by atoms with E-state index in [4.69, 9.17) is 14.6 Å². The van der Waals surface area contributed by atoms with Gasteiger partial charge in [-0.3, -0.25) is 0 Å². The number of halogens is 1. The van der Waals surface area contributed by atoms with E-state index < -0.39 is 0 Å². The van der Waals surface area contributed by atoms with Crippen molar-refractivity contribution in [2.24, 2.45) is 5.10 Å². The first-order valence-corrected chi connectivity index (χ1v) is 9.97. The zero-order valence-electron chi connectivity index (χ0n) is 14.7. The third-order valence-electron chi connectivity index (χ3n) is 5.77. The van der Waals surface area contributed by atoms with Gasteiger partial charge in [-0.05, 0) is 60.9 Å². The van der Waals surface area contributed by atoms with Crippen LogP contribution in [-0.4, -0.2) is 23.6 Å². The molecule has 1 spiro atoms. The van der Waals surface area contributed by atoms with Gasteiger partial charge >= 0.3 is 0 Å². The number of hydrazone groups is 1. The molecule has 2 heterocycles. The van der Waals surface area contributed by atoms with Crippen LogP contribution < -0.4 is 9.47 Å². The van der Waals surface area contributed by atoms with Gasteiger partial charge < -0.3 is 9.47 Å². The molecule has 1 saturated carbocycles. The summed E-state index contributed by atoms with van der Waals surface area (Å²) in [6.45, 7) is 0. The average Bonchev–Trinajstić information content (AvgIpc) is 3.31. The fourth-order valence-corrected chi connectivity index (χ4v) is 4.85. The lowest BCUT2D eigenvalue weighted by atomic mass is 9.94. The Morgan fingerprint density at radius 2 is 1.92 bits per heavy atom. The van der Waals surface area contributed by atoms with E-state index in [2.05, 4.69) is 51.3 Å². The molecule has 134 valence electrons. The van der Waals surface area contributed by atoms with Gasteiger partial charge in [-0.15, -0.1) is 0 Å². The summed E-state index contributed by atoms with van der Waals surface area (Å²) in [4.78, 5) is 0. The summed E-state index contributed by atoms with van der Waals surface area (Å²) in [5, 5.41) is 7.33. The molecule has 0 amide bonds. The maximum Gasteiger partial charge on any atom is 0.198 e. The molecule has 0 aromatic heterocycles. The molecule has 0 saturated heterocycles. The standard InChI is InChI=1S/C21H21BrN2O2/c1-25-16-7-4-14(5-8-16)18-13-19-17-12-15(22)6-9-20(17)26-21(24(19)23-18)10-2-3-11-21/h4-9,12,19H,2-3,10-11,13H2,1H3. The fourth-order valence-electron chi connectivity index (χ4n) is 4.47. The van der Waals surface area contributed by atoms with Gasteiger partial charge in [0.05, 0.1) is 18.9 Å². The molecule has 1 aliphatic carbocycles. The summed E-state index contributed by atoms with van der Waals surface area (Å²) in [5.74, 6) is 1.89. The van der Waals surface area contributed by atoms with E-state index in [0.717, 1.165) is 46.5 Å². The summed E-state index contributed by atoms with van der Waals surface area (Å²) >= 11 is 3.61. The Kier molecular flexibility index (Phi) is 3.74. The second kappa shape index (κ2) is 6.02. The summed E-state index contributed by atoms with van der Waals surface area (Å²) in [6.07, 6.45) is 5.38. The molecule has 0 radical (unpaired) electrons. The highest BCUT2D eigenvalue weighted by Crippen LogP contribution is 2.52. The number of benzene rings is 2. The normalized spacial score (nSPS) is 22.6. The van der Waals surface area contributed by atoms with Gasteiger partial charge in [0.1, 0.15) is 11.5 Å². The monoisotopic (exact) mass is 412 g/mol. The zero-order chi connectivity index (χ0) is 17.7. The lowest BCUT2D eigenvalue weighted by molar-refractivity contribution is -0.114. The van der Waals surface area contributed by atoms with Crippen molar-refractivity contribution in [3.05, 3.63) is 58.1 Å². The number of ether oxygens (including phenoxy) is 2. The number of nitrogens with zero attached hydrogens (tertiary/aromatic N) is 2. The van der Waals surface area contributed by atoms with Gasteiger partial charge in [0.25, 0.3) is 0 Å². The summed E-state index contributed by atoms with van der Waals surface area (Å²) in [7, 11) is 1.69. The minimum absolute atomic E-state index is 0.242. The van der Waals surface area contributed by atoms with Crippen molar-refractivity contribution in [2.75, 3.05) is 7.11 Å². The van der Waals surface area contributed by atoms with E-state index in [-0.39, 0.29) is 11.8 Å². The van der Waals surface area contributed by atoms with Crippen LogP contribution in [0.15, 0.2) is 52.0 Å². The van der Waals surface area contributed by atoms with E-state index in [0.29, 0.717) is 0 Å². The molecular weight excluding hydrogens is 392 g/mol. The van der Waals surface area contributed by atoms with Gasteiger partial charge in [0.2, 0.25) is 0 Å². The molecule has 2 aliphatic heterocycles. The SMILES string of the molecule is COc1ccc(C2=NN3C(C2)c2cc(Br)ccc2OC32CCCC2)cc1. The molecule has 0 bridgehead atoms. The van der Waals surface area contributed by atoms with Crippen LogP contribution in [-0.2, 0) is 0 Å². The molecule has 2 aromatic rings. The summed E-state index contributed by atoms with van der Waals surface area (Å²) in [6, 6.07) is 14.8. The van der Waals surface area contributed by atoms with Crippen LogP contribution in [0.4, 0.5) is 0 Å². The molecular formula is C21H21BrN2O2. The largest absolute Gasteiger partial charge is 0.497 e. The van der Waals surface area contributed by atoms with Gasteiger partial charge in [-0.1, -0.05) is 15.9 Å². The van der Waals surface area contributed by atoms with Crippen LogP contribution in [0.5, 0.6) is 11.5 Å². The topological polar surface area (TPSA) is 34.1 Å². The molecule has 4 nitrogen and oxygen atoms in total.